The minimum Gasteiger partial charge on any atom is -0.497 e. The van der Waals surface area contributed by atoms with E-state index in [-0.39, 0.29) is 5.91 Å². The van der Waals surface area contributed by atoms with Gasteiger partial charge in [-0.25, -0.2) is 0 Å². The molecule has 5 heteroatoms. The highest BCUT2D eigenvalue weighted by Gasteiger charge is 2.12. The van der Waals surface area contributed by atoms with Gasteiger partial charge in [0.05, 0.1) is 7.11 Å². The van der Waals surface area contributed by atoms with Gasteiger partial charge in [0.1, 0.15) is 11.8 Å². The van der Waals surface area contributed by atoms with Gasteiger partial charge in [-0.05, 0) is 25.1 Å². The molecule has 0 aliphatic rings. The number of nitriles is 1. The van der Waals surface area contributed by atoms with E-state index in [1.165, 1.54) is 7.11 Å². The van der Waals surface area contributed by atoms with Gasteiger partial charge in [0, 0.05) is 12.2 Å². The van der Waals surface area contributed by atoms with E-state index in [2.05, 4.69) is 5.32 Å². The van der Waals surface area contributed by atoms with Crippen molar-refractivity contribution in [3.8, 4) is 11.8 Å². The number of hydrogen-bond acceptors (Lipinski definition) is 4. The van der Waals surface area contributed by atoms with Crippen LogP contribution in [0.3, 0.4) is 0 Å². The van der Waals surface area contributed by atoms with Gasteiger partial charge in [-0.1, -0.05) is 6.07 Å². The Kier molecular flexibility index (Phi) is 4.98. The van der Waals surface area contributed by atoms with E-state index in [1.807, 2.05) is 6.07 Å². The fourth-order valence-corrected chi connectivity index (χ4v) is 1.24. The van der Waals surface area contributed by atoms with Crippen molar-refractivity contribution in [3.05, 3.63) is 29.8 Å². The molecule has 0 radical (unpaired) electrons. The smallest absolute Gasteiger partial charge is 0.254 e. The zero-order valence-corrected chi connectivity index (χ0v) is 9.77. The third-order valence-corrected chi connectivity index (χ3v) is 2.04. The first-order chi connectivity index (χ1) is 8.21. The molecule has 1 N–H and O–H groups in total. The molecule has 1 unspecified atom stereocenters. The second kappa shape index (κ2) is 6.51. The van der Waals surface area contributed by atoms with E-state index in [1.54, 1.807) is 31.2 Å². The topological polar surface area (TPSA) is 71.3 Å². The first kappa shape index (κ1) is 13.0. The Morgan fingerprint density at radius 2 is 2.35 bits per heavy atom. The summed E-state index contributed by atoms with van der Waals surface area (Å²) in [5.74, 6) is 0.214. The Hall–Kier alpha value is -2.06. The zero-order valence-electron chi connectivity index (χ0n) is 9.77. The van der Waals surface area contributed by atoms with E-state index in [9.17, 15) is 4.79 Å². The van der Waals surface area contributed by atoms with Crippen molar-refractivity contribution in [1.29, 1.82) is 5.26 Å². The minimum atomic E-state index is -0.932. The monoisotopic (exact) mass is 234 g/mol. The average molecular weight is 234 g/mol. The lowest BCUT2D eigenvalue weighted by molar-refractivity contribution is 0.0615. The van der Waals surface area contributed by atoms with Crippen LogP contribution in [0.15, 0.2) is 24.3 Å². The molecule has 17 heavy (non-hydrogen) atoms. The van der Waals surface area contributed by atoms with E-state index >= 15 is 0 Å². The summed E-state index contributed by atoms with van der Waals surface area (Å²) in [7, 11) is 1.52. The molecular formula is C12H14N2O3. The van der Waals surface area contributed by atoms with Crippen LogP contribution in [0.5, 0.6) is 5.75 Å². The fraction of sp³-hybridized carbons (Fsp3) is 0.333. The molecule has 1 aromatic rings. The highest BCUT2D eigenvalue weighted by Crippen LogP contribution is 2.12. The summed E-state index contributed by atoms with van der Waals surface area (Å²) in [4.78, 5) is 11.8. The first-order valence-electron chi connectivity index (χ1n) is 5.17. The maximum atomic E-state index is 11.8. The number of rotatable bonds is 5. The molecule has 0 aromatic heterocycles. The van der Waals surface area contributed by atoms with Crippen molar-refractivity contribution in [2.75, 3.05) is 13.7 Å². The van der Waals surface area contributed by atoms with Crippen molar-refractivity contribution in [2.24, 2.45) is 0 Å². The van der Waals surface area contributed by atoms with Crippen LogP contribution in [0.25, 0.3) is 0 Å². The van der Waals surface area contributed by atoms with Crippen molar-refractivity contribution in [2.45, 2.75) is 13.2 Å². The van der Waals surface area contributed by atoms with Crippen LogP contribution in [0.4, 0.5) is 0 Å². The third-order valence-electron chi connectivity index (χ3n) is 2.04. The zero-order chi connectivity index (χ0) is 12.7. The number of carbonyl (C=O) groups excluding carboxylic acids is 1. The predicted octanol–water partition coefficient (Wildman–Crippen LogP) is 1.31. The molecule has 1 aromatic carbocycles. The Balaban J connectivity index is 2.72. The molecule has 1 atom stereocenters. The van der Waals surface area contributed by atoms with Gasteiger partial charge in [0.25, 0.3) is 5.91 Å². The Morgan fingerprint density at radius 1 is 1.59 bits per heavy atom. The molecule has 0 saturated carbocycles. The minimum absolute atomic E-state index is 0.358. The average Bonchev–Trinajstić information content (AvgIpc) is 2.38. The number of ether oxygens (including phenoxy) is 2. The molecule has 1 rings (SSSR count). The molecule has 0 aliphatic carbocycles. The van der Waals surface area contributed by atoms with Gasteiger partial charge in [-0.3, -0.25) is 4.79 Å². The number of nitrogens with zero attached hydrogens (tertiary/aromatic N) is 1. The molecule has 0 heterocycles. The largest absolute Gasteiger partial charge is 0.497 e. The van der Waals surface area contributed by atoms with E-state index < -0.39 is 6.23 Å². The summed E-state index contributed by atoms with van der Waals surface area (Å²) in [6.07, 6.45) is -0.932. The maximum Gasteiger partial charge on any atom is 0.254 e. The lowest BCUT2D eigenvalue weighted by Gasteiger charge is -2.11. The number of amides is 1. The van der Waals surface area contributed by atoms with Crippen molar-refractivity contribution >= 4 is 5.91 Å². The maximum absolute atomic E-state index is 11.8. The number of benzene rings is 1. The van der Waals surface area contributed by atoms with Crippen molar-refractivity contribution < 1.29 is 14.3 Å². The van der Waals surface area contributed by atoms with Crippen molar-refractivity contribution in [3.63, 3.8) is 0 Å². The number of carbonyl (C=O) groups is 1. The Labute approximate surface area is 100.0 Å². The molecule has 5 nitrogen and oxygen atoms in total. The second-order valence-corrected chi connectivity index (χ2v) is 3.17. The SMILES string of the molecule is CCOC(C#N)NC(=O)c1cccc(OC)c1. The van der Waals surface area contributed by atoms with Gasteiger partial charge in [0.15, 0.2) is 0 Å². The van der Waals surface area contributed by atoms with Crippen LogP contribution in [0, 0.1) is 11.3 Å². The molecule has 1 amide bonds. The quantitative estimate of drug-likeness (QED) is 0.780. The first-order valence-corrected chi connectivity index (χ1v) is 5.17. The van der Waals surface area contributed by atoms with Gasteiger partial charge >= 0.3 is 0 Å². The molecule has 0 fully saturated rings. The van der Waals surface area contributed by atoms with Crippen LogP contribution >= 0.6 is 0 Å². The van der Waals surface area contributed by atoms with Gasteiger partial charge < -0.3 is 14.8 Å². The van der Waals surface area contributed by atoms with Crippen LogP contribution in [-0.4, -0.2) is 25.9 Å². The van der Waals surface area contributed by atoms with E-state index in [4.69, 9.17) is 14.7 Å². The fourth-order valence-electron chi connectivity index (χ4n) is 1.24. The number of hydrogen-bond donors (Lipinski definition) is 1. The van der Waals surface area contributed by atoms with Crippen molar-refractivity contribution in [1.82, 2.24) is 5.32 Å². The Morgan fingerprint density at radius 3 is 2.94 bits per heavy atom. The second-order valence-electron chi connectivity index (χ2n) is 3.17. The lowest BCUT2D eigenvalue weighted by atomic mass is 10.2. The van der Waals surface area contributed by atoms with Crippen LogP contribution in [-0.2, 0) is 4.74 Å². The molecule has 0 aliphatic heterocycles. The summed E-state index contributed by atoms with van der Waals surface area (Å²) >= 11 is 0. The molecule has 0 saturated heterocycles. The number of nitrogens with one attached hydrogen (secondary N) is 1. The summed E-state index contributed by atoms with van der Waals surface area (Å²) in [6, 6.07) is 8.52. The lowest BCUT2D eigenvalue weighted by Crippen LogP contribution is -2.35. The van der Waals surface area contributed by atoms with E-state index in [0.717, 1.165) is 0 Å². The van der Waals surface area contributed by atoms with Gasteiger partial charge in [-0.15, -0.1) is 0 Å². The molecule has 90 valence electrons. The standard InChI is InChI=1S/C12H14N2O3/c1-3-17-11(8-13)14-12(15)9-5-4-6-10(7-9)16-2/h4-7,11H,3H2,1-2H3,(H,14,15). The third kappa shape index (κ3) is 3.78. The van der Waals surface area contributed by atoms with Gasteiger partial charge in [-0.2, -0.15) is 5.26 Å². The van der Waals surface area contributed by atoms with Gasteiger partial charge in [0.2, 0.25) is 6.23 Å². The summed E-state index contributed by atoms with van der Waals surface area (Å²) in [6.45, 7) is 2.11. The van der Waals surface area contributed by atoms with Crippen LogP contribution in [0.1, 0.15) is 17.3 Å². The number of methoxy groups -OCH3 is 1. The summed E-state index contributed by atoms with van der Waals surface area (Å²) < 4.78 is 10.0. The predicted molar refractivity (Wildman–Crippen MR) is 61.5 cm³/mol. The van der Waals surface area contributed by atoms with Crippen LogP contribution in [0.2, 0.25) is 0 Å². The molecule has 0 bridgehead atoms. The van der Waals surface area contributed by atoms with Crippen LogP contribution < -0.4 is 10.1 Å². The highest BCUT2D eigenvalue weighted by molar-refractivity contribution is 5.94. The normalized spacial score (nSPS) is 11.4. The summed E-state index contributed by atoms with van der Waals surface area (Å²) in [5, 5.41) is 11.2. The Bertz CT molecular complexity index is 426. The highest BCUT2D eigenvalue weighted by atomic mass is 16.5. The summed E-state index contributed by atoms with van der Waals surface area (Å²) in [5.41, 5.74) is 0.421. The molecule has 0 spiro atoms. The van der Waals surface area contributed by atoms with E-state index in [0.29, 0.717) is 17.9 Å². The molecular weight excluding hydrogens is 220 g/mol.